The van der Waals surface area contributed by atoms with Crippen LogP contribution in [0.5, 0.6) is 0 Å². The third-order valence-corrected chi connectivity index (χ3v) is 6.19. The van der Waals surface area contributed by atoms with Crippen LogP contribution in [0.15, 0.2) is 18.2 Å². The van der Waals surface area contributed by atoms with Crippen molar-refractivity contribution in [3.63, 3.8) is 0 Å². The van der Waals surface area contributed by atoms with Crippen molar-refractivity contribution in [3.8, 4) is 0 Å². The number of unbranched alkanes of at least 4 members (excludes halogenated alkanes) is 1. The van der Waals surface area contributed by atoms with E-state index in [1.165, 1.54) is 4.90 Å². The van der Waals surface area contributed by atoms with E-state index in [1.54, 1.807) is 25.1 Å². The Kier molecular flexibility index (Phi) is 4.29. The van der Waals surface area contributed by atoms with Crippen molar-refractivity contribution >= 4 is 35.0 Å². The van der Waals surface area contributed by atoms with Gasteiger partial charge in [-0.05, 0) is 31.5 Å². The average Bonchev–Trinajstić information content (AvgIpc) is 3.20. The number of imide groups is 1. The fourth-order valence-corrected chi connectivity index (χ4v) is 4.89. The molecule has 4 rings (SSSR count). The normalized spacial score (nSPS) is 32.8. The Labute approximate surface area is 162 Å². The van der Waals surface area contributed by atoms with Crippen molar-refractivity contribution in [1.29, 1.82) is 0 Å². The molecular formula is C19H22ClN3O4. The van der Waals surface area contributed by atoms with Gasteiger partial charge in [0.05, 0.1) is 17.9 Å². The predicted molar refractivity (Wildman–Crippen MR) is 99.0 cm³/mol. The summed E-state index contributed by atoms with van der Waals surface area (Å²) in [6.07, 6.45) is 0.635. The highest BCUT2D eigenvalue weighted by molar-refractivity contribution is 6.31. The number of fused-ring (bicyclic) bond motifs is 4. The van der Waals surface area contributed by atoms with E-state index < -0.39 is 35.4 Å². The molecule has 3 aliphatic heterocycles. The zero-order chi connectivity index (χ0) is 19.5. The third-order valence-electron chi connectivity index (χ3n) is 5.96. The van der Waals surface area contributed by atoms with Crippen LogP contribution in [0.3, 0.4) is 0 Å². The van der Waals surface area contributed by atoms with Crippen LogP contribution in [-0.4, -0.2) is 46.4 Å². The van der Waals surface area contributed by atoms with Crippen LogP contribution in [-0.2, 0) is 19.9 Å². The van der Waals surface area contributed by atoms with Gasteiger partial charge < -0.3 is 10.4 Å². The summed E-state index contributed by atoms with van der Waals surface area (Å²) in [5, 5.41) is 16.7. The zero-order valence-electron chi connectivity index (χ0n) is 15.2. The number of nitrogens with zero attached hydrogens (tertiary/aromatic N) is 1. The van der Waals surface area contributed by atoms with E-state index in [1.807, 2.05) is 6.92 Å². The van der Waals surface area contributed by atoms with Gasteiger partial charge in [-0.3, -0.25) is 24.6 Å². The van der Waals surface area contributed by atoms with E-state index >= 15 is 0 Å². The number of aliphatic hydroxyl groups excluding tert-OH is 1. The summed E-state index contributed by atoms with van der Waals surface area (Å²) in [7, 11) is 0. The maximum atomic E-state index is 13.2. The highest BCUT2D eigenvalue weighted by Crippen LogP contribution is 2.53. The molecule has 5 unspecified atom stereocenters. The fourth-order valence-electron chi connectivity index (χ4n) is 4.71. The van der Waals surface area contributed by atoms with Crippen LogP contribution in [0.25, 0.3) is 0 Å². The van der Waals surface area contributed by atoms with Crippen molar-refractivity contribution in [2.24, 2.45) is 11.8 Å². The van der Waals surface area contributed by atoms with Gasteiger partial charge in [-0.1, -0.05) is 24.9 Å². The first-order valence-corrected chi connectivity index (χ1v) is 9.63. The van der Waals surface area contributed by atoms with E-state index in [9.17, 15) is 19.5 Å². The Morgan fingerprint density at radius 2 is 2.04 bits per heavy atom. The molecule has 0 saturated carbocycles. The molecule has 7 nitrogen and oxygen atoms in total. The van der Waals surface area contributed by atoms with Gasteiger partial charge in [0.1, 0.15) is 5.54 Å². The van der Waals surface area contributed by atoms with Crippen molar-refractivity contribution in [2.45, 2.75) is 44.4 Å². The Balaban J connectivity index is 1.86. The van der Waals surface area contributed by atoms with Gasteiger partial charge in [0.2, 0.25) is 17.7 Å². The first-order chi connectivity index (χ1) is 12.8. The minimum Gasteiger partial charge on any atom is -0.392 e. The van der Waals surface area contributed by atoms with E-state index in [2.05, 4.69) is 10.6 Å². The lowest BCUT2D eigenvalue weighted by Crippen LogP contribution is -2.54. The van der Waals surface area contributed by atoms with Gasteiger partial charge in [0, 0.05) is 28.9 Å². The van der Waals surface area contributed by atoms with E-state index in [0.717, 1.165) is 6.42 Å². The number of halogens is 1. The number of hydrogen-bond acceptors (Lipinski definition) is 5. The summed E-state index contributed by atoms with van der Waals surface area (Å²) in [6, 6.07) is 4.30. The number of anilines is 1. The highest BCUT2D eigenvalue weighted by atomic mass is 35.5. The summed E-state index contributed by atoms with van der Waals surface area (Å²) in [5.74, 6) is -2.77. The number of rotatable bonds is 4. The minimum absolute atomic E-state index is 0.322. The molecule has 8 heteroatoms. The largest absolute Gasteiger partial charge is 0.392 e. The van der Waals surface area contributed by atoms with Crippen molar-refractivity contribution in [2.75, 3.05) is 11.9 Å². The quantitative estimate of drug-likeness (QED) is 0.671. The van der Waals surface area contributed by atoms with Crippen molar-refractivity contribution in [3.05, 3.63) is 28.8 Å². The lowest BCUT2D eigenvalue weighted by atomic mass is 9.76. The number of amides is 3. The second kappa shape index (κ2) is 6.29. The third kappa shape index (κ3) is 2.38. The van der Waals surface area contributed by atoms with Crippen LogP contribution in [0.1, 0.15) is 32.3 Å². The monoisotopic (exact) mass is 391 g/mol. The molecule has 0 radical (unpaired) electrons. The molecule has 1 aromatic carbocycles. The summed E-state index contributed by atoms with van der Waals surface area (Å²) in [6.45, 7) is 3.87. The first kappa shape index (κ1) is 18.4. The summed E-state index contributed by atoms with van der Waals surface area (Å²) in [5.41, 5.74) is -0.286. The molecule has 3 aliphatic rings. The van der Waals surface area contributed by atoms with Crippen LogP contribution in [0.4, 0.5) is 5.69 Å². The maximum Gasteiger partial charge on any atom is 0.250 e. The fraction of sp³-hybridized carbons (Fsp3) is 0.526. The number of carbonyl (C=O) groups excluding carboxylic acids is 3. The molecule has 3 amide bonds. The number of hydrogen-bond donors (Lipinski definition) is 3. The van der Waals surface area contributed by atoms with Crippen molar-refractivity contribution in [1.82, 2.24) is 10.2 Å². The maximum absolute atomic E-state index is 13.2. The topological polar surface area (TPSA) is 98.7 Å². The molecule has 3 heterocycles. The molecule has 1 aromatic rings. The Bertz CT molecular complexity index is 842. The van der Waals surface area contributed by atoms with Gasteiger partial charge in [-0.25, -0.2) is 0 Å². The summed E-state index contributed by atoms with van der Waals surface area (Å²) < 4.78 is 0. The SMILES string of the molecule is CCCCN1C(=O)C2C(C(C)O)NC3(C(=O)Nc4ccc(Cl)cc43)C2C1=O. The number of aliphatic hydroxyl groups is 1. The second-order valence-corrected chi connectivity index (χ2v) is 7.98. The van der Waals surface area contributed by atoms with E-state index in [-0.39, 0.29) is 11.8 Å². The van der Waals surface area contributed by atoms with Crippen LogP contribution in [0.2, 0.25) is 5.02 Å². The lowest BCUT2D eigenvalue weighted by molar-refractivity contribution is -0.143. The molecule has 0 aromatic heterocycles. The van der Waals surface area contributed by atoms with Crippen LogP contribution in [0, 0.1) is 11.8 Å². The molecule has 2 fully saturated rings. The number of nitrogens with one attached hydrogen (secondary N) is 2. The number of carbonyl (C=O) groups is 3. The van der Waals surface area contributed by atoms with Gasteiger partial charge in [-0.2, -0.15) is 0 Å². The predicted octanol–water partition coefficient (Wildman–Crippen LogP) is 1.24. The molecule has 144 valence electrons. The smallest absolute Gasteiger partial charge is 0.250 e. The zero-order valence-corrected chi connectivity index (χ0v) is 15.9. The highest BCUT2D eigenvalue weighted by Gasteiger charge is 2.70. The molecule has 27 heavy (non-hydrogen) atoms. The molecular weight excluding hydrogens is 370 g/mol. The first-order valence-electron chi connectivity index (χ1n) is 9.25. The Morgan fingerprint density at radius 1 is 1.30 bits per heavy atom. The van der Waals surface area contributed by atoms with Gasteiger partial charge in [-0.15, -0.1) is 0 Å². The standard InChI is InChI=1S/C19H22ClN3O4/c1-3-4-7-23-16(25)13-14(17(23)26)19(22-15(13)9(2)24)11-8-10(20)5-6-12(11)21-18(19)27/h5-6,8-9,13-15,22,24H,3-4,7H2,1-2H3,(H,21,27). The Hall–Kier alpha value is -1.96. The minimum atomic E-state index is -1.40. The van der Waals surface area contributed by atoms with Gasteiger partial charge in [0.15, 0.2) is 0 Å². The molecule has 2 saturated heterocycles. The van der Waals surface area contributed by atoms with Gasteiger partial charge >= 0.3 is 0 Å². The van der Waals surface area contributed by atoms with Gasteiger partial charge in [0.25, 0.3) is 0 Å². The van der Waals surface area contributed by atoms with Crippen molar-refractivity contribution < 1.29 is 19.5 Å². The molecule has 5 atom stereocenters. The van der Waals surface area contributed by atoms with E-state index in [0.29, 0.717) is 29.2 Å². The Morgan fingerprint density at radius 3 is 2.70 bits per heavy atom. The lowest BCUT2D eigenvalue weighted by Gasteiger charge is -2.30. The van der Waals surface area contributed by atoms with Crippen LogP contribution < -0.4 is 10.6 Å². The van der Waals surface area contributed by atoms with Crippen LogP contribution >= 0.6 is 11.6 Å². The second-order valence-electron chi connectivity index (χ2n) is 7.55. The number of likely N-dealkylation sites (tertiary alicyclic amines) is 1. The molecule has 3 N–H and O–H groups in total. The van der Waals surface area contributed by atoms with E-state index in [4.69, 9.17) is 11.6 Å². The average molecular weight is 392 g/mol. The molecule has 0 bridgehead atoms. The molecule has 1 spiro atoms. The summed E-state index contributed by atoms with van der Waals surface area (Å²) >= 11 is 6.16. The molecule has 0 aliphatic carbocycles. The number of benzene rings is 1. The summed E-state index contributed by atoms with van der Waals surface area (Å²) in [4.78, 5) is 40.6.